The van der Waals surface area contributed by atoms with Crippen LogP contribution in [0.25, 0.3) is 22.2 Å². The molecule has 0 radical (unpaired) electrons. The van der Waals surface area contributed by atoms with Crippen molar-refractivity contribution >= 4 is 22.7 Å². The molecule has 1 fully saturated rings. The molecule has 0 saturated heterocycles. The number of halogens is 1. The largest absolute Gasteiger partial charge is 0.478 e. The van der Waals surface area contributed by atoms with E-state index in [-0.39, 0.29) is 5.82 Å². The summed E-state index contributed by atoms with van der Waals surface area (Å²) in [6.45, 7) is 5.23. The van der Waals surface area contributed by atoms with Gasteiger partial charge in [-0.15, -0.1) is 0 Å². The smallest absolute Gasteiger partial charge is 0.335 e. The first kappa shape index (κ1) is 21.1. The Hall–Kier alpha value is -3.74. The molecule has 1 aliphatic carbocycles. The molecule has 1 aliphatic rings. The summed E-state index contributed by atoms with van der Waals surface area (Å²) in [5.74, 6) is -0.112. The first-order valence-electron chi connectivity index (χ1n) is 11.1. The molecule has 6 nitrogen and oxygen atoms in total. The van der Waals surface area contributed by atoms with E-state index in [1.165, 1.54) is 6.33 Å². The number of aromatic carboxylic acids is 1. The maximum absolute atomic E-state index is 14.0. The number of hydrogen-bond acceptors (Lipinski definition) is 4. The average molecular weight is 445 g/mol. The lowest BCUT2D eigenvalue weighted by molar-refractivity contribution is 0.0695. The number of benzene rings is 2. The number of carboxylic acids is 1. The van der Waals surface area contributed by atoms with Crippen molar-refractivity contribution in [3.63, 3.8) is 0 Å². The summed E-state index contributed by atoms with van der Waals surface area (Å²) in [7, 11) is 0. The number of carbonyl (C=O) groups is 1. The fourth-order valence-electron chi connectivity index (χ4n) is 4.48. The van der Waals surface area contributed by atoms with Crippen LogP contribution in [0.4, 0.5) is 10.2 Å². The van der Waals surface area contributed by atoms with Gasteiger partial charge in [0.15, 0.2) is 0 Å². The molecule has 5 rings (SSSR count). The summed E-state index contributed by atoms with van der Waals surface area (Å²) < 4.78 is 16.1. The molecular weight excluding hydrogens is 419 g/mol. The van der Waals surface area contributed by atoms with E-state index < -0.39 is 5.97 Å². The Balaban J connectivity index is 1.34. The Morgan fingerprint density at radius 1 is 1.15 bits per heavy atom. The summed E-state index contributed by atoms with van der Waals surface area (Å²) in [5.41, 5.74) is 5.77. The number of rotatable bonds is 7. The number of anilines is 1. The maximum atomic E-state index is 14.0. The lowest BCUT2D eigenvalue weighted by Gasteiger charge is -2.12. The van der Waals surface area contributed by atoms with Gasteiger partial charge in [-0.1, -0.05) is 6.07 Å². The predicted octanol–water partition coefficient (Wildman–Crippen LogP) is 5.54. The minimum Gasteiger partial charge on any atom is -0.478 e. The normalized spacial score (nSPS) is 13.4. The number of nitrogens with one attached hydrogen (secondary N) is 1. The Bertz CT molecular complexity index is 1370. The molecule has 4 aromatic rings. The summed E-state index contributed by atoms with van der Waals surface area (Å²) >= 11 is 0. The number of aromatic nitrogens is 3. The highest BCUT2D eigenvalue weighted by Crippen LogP contribution is 2.43. The lowest BCUT2D eigenvalue weighted by Crippen LogP contribution is -2.12. The van der Waals surface area contributed by atoms with Gasteiger partial charge in [-0.05, 0) is 74.1 Å². The van der Waals surface area contributed by atoms with Crippen LogP contribution < -0.4 is 5.32 Å². The monoisotopic (exact) mass is 444 g/mol. The van der Waals surface area contributed by atoms with Gasteiger partial charge in [0.05, 0.1) is 16.8 Å². The van der Waals surface area contributed by atoms with Gasteiger partial charge < -0.3 is 15.0 Å². The molecule has 33 heavy (non-hydrogen) atoms. The fourth-order valence-corrected chi connectivity index (χ4v) is 4.48. The number of hydrogen-bond donors (Lipinski definition) is 2. The second kappa shape index (κ2) is 8.31. The molecule has 0 unspecified atom stereocenters. The standard InChI is InChI=1S/C26H25FN4O2/c1-15-9-19(27)12-24-21(15)10-16(2)31(24)8-7-28-25-13-23(29-14-30-25)18-5-6-20(26(32)33)22(11-18)17-3-4-17/h5-6,9-14,17H,3-4,7-8H2,1-2H3,(H,32,33)(H,28,29,30). The third-order valence-electron chi connectivity index (χ3n) is 6.30. The van der Waals surface area contributed by atoms with Crippen LogP contribution >= 0.6 is 0 Å². The lowest BCUT2D eigenvalue weighted by atomic mass is 9.98. The van der Waals surface area contributed by atoms with Gasteiger partial charge in [0.25, 0.3) is 0 Å². The van der Waals surface area contributed by atoms with E-state index in [2.05, 4.69) is 25.9 Å². The van der Waals surface area contributed by atoms with E-state index >= 15 is 0 Å². The molecule has 0 amide bonds. The molecule has 1 saturated carbocycles. The SMILES string of the molecule is Cc1cc(F)cc2c1cc(C)n2CCNc1cc(-c2ccc(C(=O)O)c(C3CC3)c2)ncn1. The van der Waals surface area contributed by atoms with Crippen molar-refractivity contribution < 1.29 is 14.3 Å². The van der Waals surface area contributed by atoms with Crippen LogP contribution in [0, 0.1) is 19.7 Å². The Kier molecular flexibility index (Phi) is 5.32. The van der Waals surface area contributed by atoms with Crippen LogP contribution in [0.15, 0.2) is 48.8 Å². The second-order valence-electron chi connectivity index (χ2n) is 8.69. The highest BCUT2D eigenvalue weighted by molar-refractivity contribution is 5.90. The summed E-state index contributed by atoms with van der Waals surface area (Å²) in [6, 6.07) is 12.5. The molecule has 2 aromatic heterocycles. The average Bonchev–Trinajstić information content (AvgIpc) is 3.59. The van der Waals surface area contributed by atoms with E-state index in [0.717, 1.165) is 51.8 Å². The Labute approximate surface area is 191 Å². The van der Waals surface area contributed by atoms with Crippen molar-refractivity contribution in [2.24, 2.45) is 0 Å². The van der Waals surface area contributed by atoms with E-state index in [9.17, 15) is 14.3 Å². The van der Waals surface area contributed by atoms with Crippen molar-refractivity contribution in [1.29, 1.82) is 0 Å². The van der Waals surface area contributed by atoms with Gasteiger partial charge >= 0.3 is 5.97 Å². The van der Waals surface area contributed by atoms with Gasteiger partial charge in [0.2, 0.25) is 0 Å². The van der Waals surface area contributed by atoms with Crippen LogP contribution in [0.1, 0.15) is 45.9 Å². The molecule has 2 heterocycles. The van der Waals surface area contributed by atoms with Crippen LogP contribution in [0.3, 0.4) is 0 Å². The molecule has 2 N–H and O–H groups in total. The van der Waals surface area contributed by atoms with Gasteiger partial charge in [-0.25, -0.2) is 19.2 Å². The topological polar surface area (TPSA) is 80.0 Å². The summed E-state index contributed by atoms with van der Waals surface area (Å²) in [4.78, 5) is 20.3. The fraction of sp³-hybridized carbons (Fsp3) is 0.269. The minimum atomic E-state index is -0.892. The second-order valence-corrected chi connectivity index (χ2v) is 8.69. The number of carboxylic acid groups (broad SMARTS) is 1. The van der Waals surface area contributed by atoms with E-state index in [1.807, 2.05) is 26.0 Å². The van der Waals surface area contributed by atoms with Crippen molar-refractivity contribution in [1.82, 2.24) is 14.5 Å². The van der Waals surface area contributed by atoms with Crippen LogP contribution in [0.2, 0.25) is 0 Å². The Morgan fingerprint density at radius 3 is 2.73 bits per heavy atom. The third kappa shape index (κ3) is 4.18. The highest BCUT2D eigenvalue weighted by Gasteiger charge is 2.28. The molecule has 0 bridgehead atoms. The summed E-state index contributed by atoms with van der Waals surface area (Å²) in [5, 5.41) is 13.9. The van der Waals surface area contributed by atoms with E-state index in [0.29, 0.717) is 30.4 Å². The van der Waals surface area contributed by atoms with Crippen molar-refractivity contribution in [2.75, 3.05) is 11.9 Å². The zero-order chi connectivity index (χ0) is 23.1. The first-order chi connectivity index (χ1) is 15.9. The van der Waals surface area contributed by atoms with Gasteiger partial charge in [0, 0.05) is 35.8 Å². The molecular formula is C26H25FN4O2. The van der Waals surface area contributed by atoms with Crippen molar-refractivity contribution in [3.8, 4) is 11.3 Å². The third-order valence-corrected chi connectivity index (χ3v) is 6.30. The highest BCUT2D eigenvalue weighted by atomic mass is 19.1. The van der Waals surface area contributed by atoms with E-state index in [1.54, 1.807) is 24.3 Å². The van der Waals surface area contributed by atoms with Gasteiger partial charge in [0.1, 0.15) is 18.0 Å². The molecule has 0 spiro atoms. The van der Waals surface area contributed by atoms with Crippen molar-refractivity contribution in [2.45, 2.75) is 39.2 Å². The quantitative estimate of drug-likeness (QED) is 0.391. The molecule has 2 aromatic carbocycles. The van der Waals surface area contributed by atoms with Gasteiger partial charge in [-0.3, -0.25) is 0 Å². The molecule has 7 heteroatoms. The number of fused-ring (bicyclic) bond motifs is 1. The number of aryl methyl sites for hydroxylation is 2. The predicted molar refractivity (Wildman–Crippen MR) is 126 cm³/mol. The van der Waals surface area contributed by atoms with E-state index in [4.69, 9.17) is 0 Å². The molecule has 0 atom stereocenters. The van der Waals surface area contributed by atoms with Crippen LogP contribution in [-0.4, -0.2) is 32.2 Å². The van der Waals surface area contributed by atoms with Crippen LogP contribution in [0.5, 0.6) is 0 Å². The Morgan fingerprint density at radius 2 is 1.97 bits per heavy atom. The maximum Gasteiger partial charge on any atom is 0.335 e. The first-order valence-corrected chi connectivity index (χ1v) is 11.1. The zero-order valence-electron chi connectivity index (χ0n) is 18.6. The zero-order valence-corrected chi connectivity index (χ0v) is 18.6. The number of nitrogens with zero attached hydrogens (tertiary/aromatic N) is 3. The van der Waals surface area contributed by atoms with Crippen LogP contribution in [-0.2, 0) is 6.54 Å². The molecule has 0 aliphatic heterocycles. The summed E-state index contributed by atoms with van der Waals surface area (Å²) in [6.07, 6.45) is 3.56. The minimum absolute atomic E-state index is 0.229. The van der Waals surface area contributed by atoms with Gasteiger partial charge in [-0.2, -0.15) is 0 Å². The van der Waals surface area contributed by atoms with Crippen molar-refractivity contribution in [3.05, 3.63) is 77.0 Å². The molecule has 168 valence electrons.